The molecule has 2 amide bonds. The van der Waals surface area contributed by atoms with Gasteiger partial charge in [0.15, 0.2) is 0 Å². The van der Waals surface area contributed by atoms with E-state index in [9.17, 15) is 26.8 Å². The Hall–Kier alpha value is -4.23. The highest BCUT2D eigenvalue weighted by Crippen LogP contribution is 2.47. The number of likely N-dealkylation sites (tertiary alicyclic amines) is 2. The molecule has 2 saturated carbocycles. The fourth-order valence-electron chi connectivity index (χ4n) is 8.63. The van der Waals surface area contributed by atoms with Crippen LogP contribution in [0.4, 0.5) is 8.78 Å². The minimum Gasteiger partial charge on any atom is -0.508 e. The fraction of sp³-hybridized carbons (Fsp3) is 0.447. The van der Waals surface area contributed by atoms with Crippen molar-refractivity contribution in [1.82, 2.24) is 9.80 Å². The summed E-state index contributed by atoms with van der Waals surface area (Å²) in [5, 5.41) is 9.95. The SMILES string of the molecule is CS(=O)(=O)OC[C@@H]1CCCN(C(=O)C2(c3ccc(Cl)cc3)CCC2)C1.O=C(N1CCC[C@@H](COc2ccc(F)cc2)C1)C1(c2ccc(Cl)cc2)CCC1.Oc1ccc(F)cc1. The molecular formula is C47H54Cl2F2N2O7S. The number of nitrogens with zero attached hydrogens (tertiary/aromatic N) is 2. The molecule has 14 heteroatoms. The van der Waals surface area contributed by atoms with Gasteiger partial charge < -0.3 is 19.6 Å². The number of hydrogen-bond acceptors (Lipinski definition) is 7. The molecule has 8 rings (SSSR count). The summed E-state index contributed by atoms with van der Waals surface area (Å²) < 4.78 is 58.2. The van der Waals surface area contributed by atoms with Gasteiger partial charge in [-0.25, -0.2) is 8.78 Å². The van der Waals surface area contributed by atoms with Gasteiger partial charge in [0.05, 0.1) is 30.3 Å². The van der Waals surface area contributed by atoms with Crippen LogP contribution in [0.2, 0.25) is 10.0 Å². The van der Waals surface area contributed by atoms with E-state index in [4.69, 9.17) is 37.2 Å². The van der Waals surface area contributed by atoms with Gasteiger partial charge in [-0.15, -0.1) is 0 Å². The first-order valence-electron chi connectivity index (χ1n) is 20.9. The van der Waals surface area contributed by atoms with Gasteiger partial charge in [-0.2, -0.15) is 8.42 Å². The highest BCUT2D eigenvalue weighted by molar-refractivity contribution is 7.85. The molecule has 4 fully saturated rings. The number of carbonyl (C=O) groups excluding carboxylic acids is 2. The van der Waals surface area contributed by atoms with E-state index < -0.39 is 15.5 Å². The first kappa shape index (κ1) is 46.3. The summed E-state index contributed by atoms with van der Waals surface area (Å²) in [5.41, 5.74) is 1.29. The molecule has 0 spiro atoms. The third-order valence-electron chi connectivity index (χ3n) is 12.3. The molecule has 2 atom stereocenters. The van der Waals surface area contributed by atoms with Crippen molar-refractivity contribution in [3.8, 4) is 11.5 Å². The van der Waals surface area contributed by atoms with Crippen LogP contribution in [0.5, 0.6) is 11.5 Å². The van der Waals surface area contributed by atoms with E-state index >= 15 is 0 Å². The molecule has 0 aromatic heterocycles. The molecule has 9 nitrogen and oxygen atoms in total. The first-order valence-corrected chi connectivity index (χ1v) is 23.5. The Kier molecular flexibility index (Phi) is 15.7. The third-order valence-corrected chi connectivity index (χ3v) is 13.4. The smallest absolute Gasteiger partial charge is 0.264 e. The number of aromatic hydroxyl groups is 1. The Morgan fingerprint density at radius 3 is 1.44 bits per heavy atom. The number of rotatable bonds is 10. The van der Waals surface area contributed by atoms with Crippen molar-refractivity contribution < 1.29 is 40.8 Å². The van der Waals surface area contributed by atoms with Crippen LogP contribution in [0.25, 0.3) is 0 Å². The fourth-order valence-corrected chi connectivity index (χ4v) is 9.32. The van der Waals surface area contributed by atoms with Gasteiger partial charge in [0.2, 0.25) is 11.8 Å². The molecule has 2 heterocycles. The zero-order valence-corrected chi connectivity index (χ0v) is 36.7. The standard InChI is InChI=1S/C23H25ClFNO2.C18H24ClNO4S.C6H5FO/c24-19-6-4-18(5-7-19)23(12-2-13-23)22(27)26-14-1-3-17(15-26)16-28-21-10-8-20(25)9-11-21;1-25(22,23)24-13-14-4-2-11-20(12-14)17(21)18(9-3-10-18)15-5-7-16(19)8-6-15;7-5-1-3-6(8)4-2-5/h4-11,17H,1-3,12-16H2;5-8,14H,2-4,9-13H2,1H3;1-4,8H/t17-;14-;/m11./s1. The van der Waals surface area contributed by atoms with Crippen LogP contribution < -0.4 is 4.74 Å². The number of piperidine rings is 2. The molecule has 2 saturated heterocycles. The van der Waals surface area contributed by atoms with Gasteiger partial charge >= 0.3 is 0 Å². The Morgan fingerprint density at radius 2 is 1.07 bits per heavy atom. The van der Waals surface area contributed by atoms with Crippen LogP contribution in [0.1, 0.15) is 75.3 Å². The van der Waals surface area contributed by atoms with Crippen LogP contribution in [0.3, 0.4) is 0 Å². The van der Waals surface area contributed by atoms with E-state index in [0.29, 0.717) is 34.9 Å². The molecule has 4 aliphatic rings. The van der Waals surface area contributed by atoms with Crippen molar-refractivity contribution >= 4 is 45.1 Å². The average molecular weight is 900 g/mol. The number of benzene rings is 4. The van der Waals surface area contributed by atoms with Gasteiger partial charge in [0, 0.05) is 48.1 Å². The van der Waals surface area contributed by atoms with Crippen LogP contribution in [-0.4, -0.2) is 80.8 Å². The summed E-state index contributed by atoms with van der Waals surface area (Å²) in [6.07, 6.45) is 10.5. The lowest BCUT2D eigenvalue weighted by atomic mass is 9.63. The topological polar surface area (TPSA) is 113 Å². The minimum absolute atomic E-state index is 0.0646. The summed E-state index contributed by atoms with van der Waals surface area (Å²) in [7, 11) is -3.45. The summed E-state index contributed by atoms with van der Waals surface area (Å²) in [5.74, 6) is 0.919. The van der Waals surface area contributed by atoms with Gasteiger partial charge in [-0.1, -0.05) is 60.3 Å². The zero-order valence-electron chi connectivity index (χ0n) is 34.4. The zero-order chi connectivity index (χ0) is 43.6. The van der Waals surface area contributed by atoms with E-state index in [1.807, 2.05) is 58.3 Å². The lowest BCUT2D eigenvalue weighted by molar-refractivity contribution is -0.143. The molecule has 2 aliphatic carbocycles. The number of hydrogen-bond donors (Lipinski definition) is 1. The maximum absolute atomic E-state index is 13.5. The highest BCUT2D eigenvalue weighted by atomic mass is 35.5. The van der Waals surface area contributed by atoms with Gasteiger partial charge in [-0.3, -0.25) is 13.8 Å². The maximum Gasteiger partial charge on any atom is 0.264 e. The van der Waals surface area contributed by atoms with Crippen LogP contribution in [0.15, 0.2) is 97.1 Å². The lowest BCUT2D eigenvalue weighted by Crippen LogP contribution is -2.54. The van der Waals surface area contributed by atoms with Crippen LogP contribution in [0, 0.1) is 23.5 Å². The van der Waals surface area contributed by atoms with E-state index in [0.717, 1.165) is 101 Å². The number of halogens is 4. The number of phenolic OH excluding ortho intramolecular Hbond substituents is 1. The minimum atomic E-state index is -3.45. The van der Waals surface area contributed by atoms with E-state index in [1.165, 1.54) is 36.4 Å². The van der Waals surface area contributed by atoms with Crippen molar-refractivity contribution in [2.24, 2.45) is 11.8 Å². The predicted molar refractivity (Wildman–Crippen MR) is 233 cm³/mol. The summed E-state index contributed by atoms with van der Waals surface area (Å²) in [6, 6.07) is 26.4. The molecule has 4 aromatic carbocycles. The van der Waals surface area contributed by atoms with Crippen LogP contribution in [-0.2, 0) is 34.7 Å². The number of phenols is 1. The Labute approximate surface area is 368 Å². The van der Waals surface area contributed by atoms with E-state index in [-0.39, 0.29) is 47.1 Å². The van der Waals surface area contributed by atoms with Crippen molar-refractivity contribution in [2.75, 3.05) is 45.6 Å². The molecule has 1 N–H and O–H groups in total. The Bertz CT molecular complexity index is 2150. The predicted octanol–water partition coefficient (Wildman–Crippen LogP) is 9.73. The molecule has 328 valence electrons. The number of amides is 2. The molecule has 2 aliphatic heterocycles. The van der Waals surface area contributed by atoms with Crippen molar-refractivity contribution in [1.29, 1.82) is 0 Å². The van der Waals surface area contributed by atoms with Gasteiger partial charge in [0.25, 0.3) is 10.1 Å². The largest absolute Gasteiger partial charge is 0.508 e. The van der Waals surface area contributed by atoms with Crippen molar-refractivity contribution in [3.05, 3.63) is 130 Å². The van der Waals surface area contributed by atoms with Gasteiger partial charge in [0.1, 0.15) is 23.1 Å². The average Bonchev–Trinajstić information content (AvgIpc) is 3.22. The van der Waals surface area contributed by atoms with E-state index in [2.05, 4.69) is 0 Å². The van der Waals surface area contributed by atoms with Gasteiger partial charge in [-0.05, 0) is 135 Å². The monoisotopic (exact) mass is 898 g/mol. The molecule has 0 unspecified atom stereocenters. The van der Waals surface area contributed by atoms with E-state index in [1.54, 1.807) is 12.1 Å². The number of carbonyl (C=O) groups is 2. The van der Waals surface area contributed by atoms with Crippen molar-refractivity contribution in [3.63, 3.8) is 0 Å². The second kappa shape index (κ2) is 20.8. The highest BCUT2D eigenvalue weighted by Gasteiger charge is 2.49. The summed E-state index contributed by atoms with van der Waals surface area (Å²) in [4.78, 5) is 30.6. The van der Waals surface area contributed by atoms with Crippen LogP contribution >= 0.6 is 23.2 Å². The Morgan fingerprint density at radius 1 is 0.656 bits per heavy atom. The second-order valence-electron chi connectivity index (χ2n) is 16.6. The molecular weight excluding hydrogens is 845 g/mol. The molecule has 0 bridgehead atoms. The molecule has 0 radical (unpaired) electrons. The second-order valence-corrected chi connectivity index (χ2v) is 19.2. The molecule has 4 aromatic rings. The summed E-state index contributed by atoms with van der Waals surface area (Å²) in [6.45, 7) is 3.50. The first-order chi connectivity index (χ1) is 29.2. The summed E-state index contributed by atoms with van der Waals surface area (Å²) >= 11 is 12.0. The Balaban J connectivity index is 0.000000174. The number of ether oxygens (including phenoxy) is 1. The van der Waals surface area contributed by atoms with Crippen molar-refractivity contribution in [2.45, 2.75) is 75.0 Å². The third kappa shape index (κ3) is 12.2. The quantitative estimate of drug-likeness (QED) is 0.158. The lowest BCUT2D eigenvalue weighted by Gasteiger charge is -2.46. The normalized spacial score (nSPS) is 20.3. The maximum atomic E-state index is 13.5. The molecule has 61 heavy (non-hydrogen) atoms.